The highest BCUT2D eigenvalue weighted by atomic mass is 35.5. The van der Waals surface area contributed by atoms with Crippen molar-refractivity contribution in [3.8, 4) is 11.8 Å². The second kappa shape index (κ2) is 8.38. The normalized spacial score (nSPS) is 13.9. The van der Waals surface area contributed by atoms with Gasteiger partial charge in [0.2, 0.25) is 0 Å². The second-order valence-corrected chi connectivity index (χ2v) is 7.20. The molecule has 4 rings (SSSR count). The number of nitrogens with zero attached hydrogens (tertiary/aromatic N) is 4. The van der Waals surface area contributed by atoms with Crippen molar-refractivity contribution in [1.29, 1.82) is 5.26 Å². The third-order valence-corrected chi connectivity index (χ3v) is 5.21. The van der Waals surface area contributed by atoms with E-state index in [-0.39, 0.29) is 12.5 Å². The van der Waals surface area contributed by atoms with Crippen LogP contribution in [0.25, 0.3) is 10.9 Å². The summed E-state index contributed by atoms with van der Waals surface area (Å²) in [6.45, 7) is 2.57. The predicted molar refractivity (Wildman–Crippen MR) is 112 cm³/mol. The number of rotatable bonds is 4. The van der Waals surface area contributed by atoms with Crippen LogP contribution in [-0.2, 0) is 4.79 Å². The molecule has 0 N–H and O–H groups in total. The maximum Gasteiger partial charge on any atom is 0.260 e. The molecule has 0 bridgehead atoms. The van der Waals surface area contributed by atoms with E-state index in [1.54, 1.807) is 29.2 Å². The SMILES string of the molecule is N#Cc1cc(N2CCN(C(=O)COc3ccc(Cl)cc3)CC2)c2ccccc2n1. The fourth-order valence-corrected chi connectivity index (χ4v) is 3.57. The third-order valence-electron chi connectivity index (χ3n) is 4.96. The van der Waals surface area contributed by atoms with E-state index in [0.717, 1.165) is 16.6 Å². The zero-order valence-electron chi connectivity index (χ0n) is 15.7. The monoisotopic (exact) mass is 406 g/mol. The fourth-order valence-electron chi connectivity index (χ4n) is 3.44. The topological polar surface area (TPSA) is 69.5 Å². The van der Waals surface area contributed by atoms with Crippen molar-refractivity contribution in [3.63, 3.8) is 0 Å². The van der Waals surface area contributed by atoms with Gasteiger partial charge in [-0.2, -0.15) is 5.26 Å². The minimum absolute atomic E-state index is 0.00159. The zero-order valence-corrected chi connectivity index (χ0v) is 16.5. The summed E-state index contributed by atoms with van der Waals surface area (Å²) in [5.74, 6) is 0.575. The number of benzene rings is 2. The highest BCUT2D eigenvalue weighted by molar-refractivity contribution is 6.30. The number of para-hydroxylation sites is 1. The number of aromatic nitrogens is 1. The summed E-state index contributed by atoms with van der Waals surface area (Å²) >= 11 is 5.86. The van der Waals surface area contributed by atoms with Crippen molar-refractivity contribution >= 4 is 34.1 Å². The number of carbonyl (C=O) groups excluding carboxylic acids is 1. The Hall–Kier alpha value is -3.30. The number of pyridine rings is 1. The van der Waals surface area contributed by atoms with E-state index >= 15 is 0 Å². The number of amides is 1. The van der Waals surface area contributed by atoms with Gasteiger partial charge in [0.15, 0.2) is 6.61 Å². The number of nitriles is 1. The van der Waals surface area contributed by atoms with E-state index < -0.39 is 0 Å². The van der Waals surface area contributed by atoms with E-state index in [1.165, 1.54) is 0 Å². The van der Waals surface area contributed by atoms with Crippen molar-refractivity contribution < 1.29 is 9.53 Å². The molecule has 7 heteroatoms. The third kappa shape index (κ3) is 4.25. The van der Waals surface area contributed by atoms with Crippen molar-refractivity contribution in [2.24, 2.45) is 0 Å². The van der Waals surface area contributed by atoms with Gasteiger partial charge in [0, 0.05) is 42.3 Å². The molecule has 1 aliphatic rings. The number of halogens is 1. The molecule has 2 heterocycles. The van der Waals surface area contributed by atoms with Crippen LogP contribution in [0.3, 0.4) is 0 Å². The largest absolute Gasteiger partial charge is 0.484 e. The highest BCUT2D eigenvalue weighted by Crippen LogP contribution is 2.27. The van der Waals surface area contributed by atoms with Crippen LogP contribution in [0, 0.1) is 11.3 Å². The molecule has 29 heavy (non-hydrogen) atoms. The molecule has 0 radical (unpaired) electrons. The van der Waals surface area contributed by atoms with Crippen LogP contribution in [0.5, 0.6) is 5.75 Å². The van der Waals surface area contributed by atoms with Crippen molar-refractivity contribution in [2.45, 2.75) is 0 Å². The van der Waals surface area contributed by atoms with E-state index in [2.05, 4.69) is 16.0 Å². The summed E-state index contributed by atoms with van der Waals surface area (Å²) in [6, 6.07) is 18.7. The number of hydrogen-bond acceptors (Lipinski definition) is 5. The fraction of sp³-hybridized carbons (Fsp3) is 0.227. The summed E-state index contributed by atoms with van der Waals surface area (Å²) in [5.41, 5.74) is 2.18. The van der Waals surface area contributed by atoms with Gasteiger partial charge >= 0.3 is 0 Å². The molecule has 0 saturated carbocycles. The van der Waals surface area contributed by atoms with Gasteiger partial charge in [-0.25, -0.2) is 4.98 Å². The van der Waals surface area contributed by atoms with Gasteiger partial charge in [0.1, 0.15) is 17.5 Å². The van der Waals surface area contributed by atoms with Crippen LogP contribution in [0.4, 0.5) is 5.69 Å². The van der Waals surface area contributed by atoms with Gasteiger partial charge in [0.05, 0.1) is 5.52 Å². The molecule has 0 atom stereocenters. The Bertz CT molecular complexity index is 1070. The van der Waals surface area contributed by atoms with Gasteiger partial charge in [-0.15, -0.1) is 0 Å². The first-order valence-corrected chi connectivity index (χ1v) is 9.73. The number of fused-ring (bicyclic) bond motifs is 1. The van der Waals surface area contributed by atoms with E-state index in [0.29, 0.717) is 42.6 Å². The van der Waals surface area contributed by atoms with Crippen molar-refractivity contribution in [1.82, 2.24) is 9.88 Å². The maximum atomic E-state index is 12.5. The number of hydrogen-bond donors (Lipinski definition) is 0. The lowest BCUT2D eigenvalue weighted by atomic mass is 10.1. The van der Waals surface area contributed by atoms with Crippen LogP contribution >= 0.6 is 11.6 Å². The Labute approximate surface area is 173 Å². The summed E-state index contributed by atoms with van der Waals surface area (Å²) in [7, 11) is 0. The average molecular weight is 407 g/mol. The van der Waals surface area contributed by atoms with Crippen LogP contribution < -0.4 is 9.64 Å². The molecule has 0 unspecified atom stereocenters. The Morgan fingerprint density at radius 3 is 2.55 bits per heavy atom. The van der Waals surface area contributed by atoms with Crippen LogP contribution in [-0.4, -0.2) is 48.6 Å². The zero-order chi connectivity index (χ0) is 20.2. The molecule has 1 amide bonds. The van der Waals surface area contributed by atoms with Crippen molar-refractivity contribution in [2.75, 3.05) is 37.7 Å². The molecule has 1 fully saturated rings. The lowest BCUT2D eigenvalue weighted by Gasteiger charge is -2.36. The van der Waals surface area contributed by atoms with Gasteiger partial charge < -0.3 is 14.5 Å². The number of anilines is 1. The maximum absolute atomic E-state index is 12.5. The molecule has 3 aromatic rings. The standard InChI is InChI=1S/C22H19ClN4O2/c23-16-5-7-18(8-6-16)29-15-22(28)27-11-9-26(10-12-27)21-13-17(14-24)25-20-4-2-1-3-19(20)21/h1-8,13H,9-12,15H2. The first-order valence-electron chi connectivity index (χ1n) is 9.35. The summed E-state index contributed by atoms with van der Waals surface area (Å²) in [5, 5.41) is 10.9. The van der Waals surface area contributed by atoms with Gasteiger partial charge in [0.25, 0.3) is 5.91 Å². The van der Waals surface area contributed by atoms with Gasteiger partial charge in [-0.1, -0.05) is 29.8 Å². The molecular weight excluding hydrogens is 388 g/mol. The molecule has 1 aliphatic heterocycles. The lowest BCUT2D eigenvalue weighted by Crippen LogP contribution is -2.50. The minimum atomic E-state index is -0.0445. The van der Waals surface area contributed by atoms with Crippen LogP contribution in [0.2, 0.25) is 5.02 Å². The smallest absolute Gasteiger partial charge is 0.260 e. The quantitative estimate of drug-likeness (QED) is 0.663. The number of carbonyl (C=O) groups is 1. The van der Waals surface area contributed by atoms with Gasteiger partial charge in [-0.05, 0) is 36.4 Å². The van der Waals surface area contributed by atoms with Gasteiger partial charge in [-0.3, -0.25) is 4.79 Å². The first kappa shape index (κ1) is 19.0. The van der Waals surface area contributed by atoms with Crippen LogP contribution in [0.15, 0.2) is 54.6 Å². The lowest BCUT2D eigenvalue weighted by molar-refractivity contribution is -0.133. The minimum Gasteiger partial charge on any atom is -0.484 e. The number of piperazine rings is 1. The summed E-state index contributed by atoms with van der Waals surface area (Å²) in [4.78, 5) is 20.9. The Morgan fingerprint density at radius 2 is 1.83 bits per heavy atom. The molecule has 6 nitrogen and oxygen atoms in total. The molecule has 0 aliphatic carbocycles. The molecular formula is C22H19ClN4O2. The second-order valence-electron chi connectivity index (χ2n) is 6.77. The Balaban J connectivity index is 1.40. The number of ether oxygens (including phenoxy) is 1. The van der Waals surface area contributed by atoms with Crippen LogP contribution in [0.1, 0.15) is 5.69 Å². The molecule has 146 valence electrons. The van der Waals surface area contributed by atoms with E-state index in [4.69, 9.17) is 16.3 Å². The predicted octanol–water partition coefficient (Wildman–Crippen LogP) is 3.49. The van der Waals surface area contributed by atoms with Crippen molar-refractivity contribution in [3.05, 3.63) is 65.3 Å². The Morgan fingerprint density at radius 1 is 1.10 bits per heavy atom. The average Bonchev–Trinajstić information content (AvgIpc) is 2.78. The summed E-state index contributed by atoms with van der Waals surface area (Å²) in [6.07, 6.45) is 0. The Kier molecular flexibility index (Phi) is 5.50. The molecule has 1 saturated heterocycles. The van der Waals surface area contributed by atoms with E-state index in [1.807, 2.05) is 30.3 Å². The van der Waals surface area contributed by atoms with E-state index in [9.17, 15) is 10.1 Å². The summed E-state index contributed by atoms with van der Waals surface area (Å²) < 4.78 is 5.57. The molecule has 2 aromatic carbocycles. The first-order chi connectivity index (χ1) is 14.1. The molecule has 1 aromatic heterocycles. The molecule has 0 spiro atoms. The highest BCUT2D eigenvalue weighted by Gasteiger charge is 2.23.